The van der Waals surface area contributed by atoms with E-state index in [4.69, 9.17) is 23.8 Å². The molecule has 10 aromatic carbocycles. The third-order valence-corrected chi connectivity index (χ3v) is 14.5. The van der Waals surface area contributed by atoms with Gasteiger partial charge in [-0.15, -0.1) is 11.3 Å². The summed E-state index contributed by atoms with van der Waals surface area (Å²) in [5, 5.41) is 13.2. The molecule has 0 unspecified atom stereocenters. The number of hydrogen-bond acceptors (Lipinski definition) is 6. The molecule has 0 aliphatic rings. The molecule has 15 aromatic rings. The summed E-state index contributed by atoms with van der Waals surface area (Å²) >= 11 is 1.79. The summed E-state index contributed by atoms with van der Waals surface area (Å²) in [5.74, 6) is 1.72. The van der Waals surface area contributed by atoms with E-state index >= 15 is 0 Å². The van der Waals surface area contributed by atoms with Gasteiger partial charge < -0.3 is 13.4 Å². The molecule has 0 aliphatic carbocycles. The lowest BCUT2D eigenvalue weighted by atomic mass is 10.0. The fourth-order valence-electron chi connectivity index (χ4n) is 10.5. The maximum absolute atomic E-state index is 7.16. The van der Waals surface area contributed by atoms with E-state index in [2.05, 4.69) is 168 Å². The normalized spacial score (nSPS) is 12.2. The molecule has 0 radical (unpaired) electrons. The number of thiophene rings is 1. The first-order valence-corrected chi connectivity index (χ1v) is 22.9. The van der Waals surface area contributed by atoms with Crippen LogP contribution >= 0.6 is 11.3 Å². The first-order valence-electron chi connectivity index (χ1n) is 22.1. The molecule has 0 N–H and O–H groups in total. The van der Waals surface area contributed by atoms with Gasteiger partial charge in [0.05, 0.1) is 16.7 Å². The van der Waals surface area contributed by atoms with Crippen molar-refractivity contribution in [1.29, 1.82) is 0 Å². The van der Waals surface area contributed by atoms with Gasteiger partial charge in [0, 0.05) is 74.6 Å². The number of hydrogen-bond donors (Lipinski definition) is 0. The van der Waals surface area contributed by atoms with Gasteiger partial charge in [-0.1, -0.05) is 133 Å². The number of para-hydroxylation sites is 2. The minimum absolute atomic E-state index is 0.556. The van der Waals surface area contributed by atoms with Crippen molar-refractivity contribution in [3.05, 3.63) is 194 Å². The number of rotatable bonds is 4. The number of fused-ring (bicyclic) bond motifs is 15. The Hall–Kier alpha value is -8.65. The molecule has 5 aromatic heterocycles. The van der Waals surface area contributed by atoms with Crippen molar-refractivity contribution in [2.45, 2.75) is 0 Å². The van der Waals surface area contributed by atoms with Crippen molar-refractivity contribution in [2.75, 3.05) is 0 Å². The van der Waals surface area contributed by atoms with Crippen LogP contribution in [0, 0.1) is 0 Å². The molecular weight excluding hydrogens is 829 g/mol. The fourth-order valence-corrected chi connectivity index (χ4v) is 11.6. The van der Waals surface area contributed by atoms with Crippen LogP contribution in [0.5, 0.6) is 0 Å². The average Bonchev–Trinajstić information content (AvgIpc) is 4.14. The van der Waals surface area contributed by atoms with Crippen LogP contribution in [0.3, 0.4) is 0 Å². The molecule has 0 saturated carbocycles. The third-order valence-electron chi connectivity index (χ3n) is 13.4. The highest BCUT2D eigenvalue weighted by atomic mass is 32.1. The molecule has 66 heavy (non-hydrogen) atoms. The SMILES string of the molecule is c1ccc2cc3c(cc2c1)c1ccccc1n3-c1cc(-c2nc(-c3cccc4oc5ccccc5c34)nc(-c3cccc4sc5ccccc5c34)n2)cc2c1oc1c3ccccc3ccc21. The molecule has 0 spiro atoms. The zero-order valence-electron chi connectivity index (χ0n) is 35.0. The van der Waals surface area contributed by atoms with Gasteiger partial charge in [-0.2, -0.15) is 0 Å². The van der Waals surface area contributed by atoms with Gasteiger partial charge in [-0.3, -0.25) is 0 Å². The van der Waals surface area contributed by atoms with Crippen LogP contribution in [0.2, 0.25) is 0 Å². The van der Waals surface area contributed by atoms with Crippen molar-refractivity contribution in [1.82, 2.24) is 19.5 Å². The third kappa shape index (κ3) is 5.08. The number of aromatic nitrogens is 4. The van der Waals surface area contributed by atoms with Gasteiger partial charge in [-0.25, -0.2) is 15.0 Å². The zero-order chi connectivity index (χ0) is 43.0. The highest BCUT2D eigenvalue weighted by molar-refractivity contribution is 7.25. The monoisotopic (exact) mass is 860 g/mol. The van der Waals surface area contributed by atoms with Crippen LogP contribution in [0.1, 0.15) is 0 Å². The Labute approximate surface area is 379 Å². The molecule has 0 atom stereocenters. The Bertz CT molecular complexity index is 4420. The van der Waals surface area contributed by atoms with E-state index in [1.807, 2.05) is 30.3 Å². The summed E-state index contributed by atoms with van der Waals surface area (Å²) in [6, 6.07) is 68.4. The van der Waals surface area contributed by atoms with Crippen LogP contribution in [0.4, 0.5) is 0 Å². The van der Waals surface area contributed by atoms with Gasteiger partial charge in [0.25, 0.3) is 0 Å². The van der Waals surface area contributed by atoms with Crippen LogP contribution in [0.25, 0.3) is 147 Å². The Balaban J connectivity index is 1.08. The van der Waals surface area contributed by atoms with E-state index in [9.17, 15) is 0 Å². The Morgan fingerprint density at radius 3 is 1.88 bits per heavy atom. The van der Waals surface area contributed by atoms with Crippen molar-refractivity contribution >= 4 is 119 Å². The van der Waals surface area contributed by atoms with Crippen molar-refractivity contribution in [3.63, 3.8) is 0 Å². The second kappa shape index (κ2) is 13.4. The molecule has 0 saturated heterocycles. The minimum Gasteiger partial charge on any atom is -0.456 e. The van der Waals surface area contributed by atoms with Crippen LogP contribution < -0.4 is 0 Å². The summed E-state index contributed by atoms with van der Waals surface area (Å²) in [6.45, 7) is 0. The molecule has 5 heterocycles. The molecule has 0 fully saturated rings. The lowest BCUT2D eigenvalue weighted by Gasteiger charge is -2.13. The highest BCUT2D eigenvalue weighted by Gasteiger charge is 2.24. The van der Waals surface area contributed by atoms with Gasteiger partial charge >= 0.3 is 0 Å². The van der Waals surface area contributed by atoms with E-state index in [1.54, 1.807) is 11.3 Å². The Morgan fingerprint density at radius 2 is 1.02 bits per heavy atom. The Kier molecular flexibility index (Phi) is 7.28. The maximum Gasteiger partial charge on any atom is 0.164 e. The first-order chi connectivity index (χ1) is 32.7. The number of nitrogens with zero attached hydrogens (tertiary/aromatic N) is 4. The van der Waals surface area contributed by atoms with Crippen LogP contribution in [-0.2, 0) is 0 Å². The Morgan fingerprint density at radius 1 is 0.364 bits per heavy atom. The maximum atomic E-state index is 7.16. The number of furan rings is 2. The molecular formula is C59H32N4O2S. The van der Waals surface area contributed by atoms with E-state index < -0.39 is 0 Å². The van der Waals surface area contributed by atoms with Gasteiger partial charge in [-0.05, 0) is 76.8 Å². The molecule has 0 bridgehead atoms. The lowest BCUT2D eigenvalue weighted by molar-refractivity contribution is 0.669. The van der Waals surface area contributed by atoms with Crippen molar-refractivity contribution < 1.29 is 8.83 Å². The number of benzene rings is 10. The summed E-state index contributed by atoms with van der Waals surface area (Å²) < 4.78 is 18.4. The first kappa shape index (κ1) is 35.8. The summed E-state index contributed by atoms with van der Waals surface area (Å²) in [7, 11) is 0. The largest absolute Gasteiger partial charge is 0.456 e. The van der Waals surface area contributed by atoms with E-state index in [1.165, 1.54) is 36.3 Å². The molecule has 0 aliphatic heterocycles. The summed E-state index contributed by atoms with van der Waals surface area (Å²) in [5.41, 5.74) is 8.98. The average molecular weight is 861 g/mol. The molecule has 15 rings (SSSR count). The fraction of sp³-hybridized carbons (Fsp3) is 0. The van der Waals surface area contributed by atoms with Crippen molar-refractivity contribution in [2.24, 2.45) is 0 Å². The quantitative estimate of drug-likeness (QED) is 0.176. The predicted octanol–water partition coefficient (Wildman–Crippen LogP) is 16.4. The standard InChI is InChI=1S/C59H32N4O2S/c1-2-15-35-31-47-44(29-34(35)14-1)38-17-5-8-22-46(38)63(47)48-32-36(30-45-39-28-27-33-13-3-4-16-37(33)55(39)65-56(45)48)57-60-58(42-20-11-24-50-53(42)40-18-6-9-23-49(40)64-50)62-59(61-57)43-21-12-26-52-54(43)41-19-7-10-25-51(41)66-52/h1-32H. The smallest absolute Gasteiger partial charge is 0.164 e. The molecule has 7 heteroatoms. The lowest BCUT2D eigenvalue weighted by Crippen LogP contribution is -2.02. The van der Waals surface area contributed by atoms with Crippen molar-refractivity contribution in [3.8, 4) is 39.9 Å². The predicted molar refractivity (Wildman–Crippen MR) is 273 cm³/mol. The summed E-state index contributed by atoms with van der Waals surface area (Å²) in [6.07, 6.45) is 0. The van der Waals surface area contributed by atoms with Crippen LogP contribution in [-0.4, -0.2) is 19.5 Å². The second-order valence-corrected chi connectivity index (χ2v) is 18.2. The van der Waals surface area contributed by atoms with Gasteiger partial charge in [0.1, 0.15) is 16.7 Å². The van der Waals surface area contributed by atoms with Gasteiger partial charge in [0.15, 0.2) is 23.1 Å². The summed E-state index contributed by atoms with van der Waals surface area (Å²) in [4.78, 5) is 16.4. The van der Waals surface area contributed by atoms with E-state index in [0.29, 0.717) is 17.5 Å². The second-order valence-electron chi connectivity index (χ2n) is 17.1. The zero-order valence-corrected chi connectivity index (χ0v) is 35.8. The van der Waals surface area contributed by atoms with Crippen LogP contribution in [0.15, 0.2) is 203 Å². The van der Waals surface area contributed by atoms with E-state index in [0.717, 1.165) is 93.4 Å². The minimum atomic E-state index is 0.556. The topological polar surface area (TPSA) is 69.9 Å². The molecule has 0 amide bonds. The van der Waals surface area contributed by atoms with E-state index in [-0.39, 0.29) is 0 Å². The molecule has 306 valence electrons. The van der Waals surface area contributed by atoms with Gasteiger partial charge in [0.2, 0.25) is 0 Å². The molecule has 6 nitrogen and oxygen atoms in total. The highest BCUT2D eigenvalue weighted by Crippen LogP contribution is 2.45.